The van der Waals surface area contributed by atoms with Crippen LogP contribution in [-0.2, 0) is 0 Å². The minimum atomic E-state index is -0.311. The first-order valence-corrected chi connectivity index (χ1v) is 7.04. The second-order valence-corrected chi connectivity index (χ2v) is 4.42. The van der Waals surface area contributed by atoms with Crippen molar-refractivity contribution in [2.75, 3.05) is 19.7 Å². The lowest BCUT2D eigenvalue weighted by Gasteiger charge is -2.10. The molecular weight excluding hydrogens is 284 g/mol. The van der Waals surface area contributed by atoms with Crippen LogP contribution in [0.15, 0.2) is 47.1 Å². The van der Waals surface area contributed by atoms with Gasteiger partial charge in [0.1, 0.15) is 5.75 Å². The van der Waals surface area contributed by atoms with E-state index in [1.165, 1.54) is 6.26 Å². The summed E-state index contributed by atoms with van der Waals surface area (Å²) in [5.74, 6) is 0.236. The molecule has 2 rings (SSSR count). The number of amides is 2. The number of carbonyl (C=O) groups is 2. The zero-order valence-electron chi connectivity index (χ0n) is 12.3. The molecule has 0 saturated heterocycles. The van der Waals surface area contributed by atoms with Crippen molar-refractivity contribution < 1.29 is 18.7 Å². The number of rotatable bonds is 7. The van der Waals surface area contributed by atoms with Crippen molar-refractivity contribution in [2.24, 2.45) is 0 Å². The summed E-state index contributed by atoms with van der Waals surface area (Å²) in [5.41, 5.74) is 0.474. The molecule has 116 valence electrons. The number of nitrogens with one attached hydrogen (secondary N) is 2. The quantitative estimate of drug-likeness (QED) is 0.765. The molecule has 0 unspecified atom stereocenters. The maximum absolute atomic E-state index is 12.1. The van der Waals surface area contributed by atoms with Gasteiger partial charge < -0.3 is 19.8 Å². The molecule has 0 aliphatic rings. The van der Waals surface area contributed by atoms with Gasteiger partial charge in [-0.1, -0.05) is 12.1 Å². The second kappa shape index (κ2) is 7.87. The zero-order valence-corrected chi connectivity index (χ0v) is 12.3. The lowest BCUT2D eigenvalue weighted by atomic mass is 10.2. The molecule has 2 N–H and O–H groups in total. The van der Waals surface area contributed by atoms with Gasteiger partial charge in [-0.05, 0) is 31.2 Å². The number of hydrogen-bond donors (Lipinski definition) is 2. The molecule has 0 fully saturated rings. The van der Waals surface area contributed by atoms with Crippen LogP contribution in [0.2, 0.25) is 0 Å². The summed E-state index contributed by atoms with van der Waals surface area (Å²) in [6.07, 6.45) is 1.43. The highest BCUT2D eigenvalue weighted by Crippen LogP contribution is 2.17. The van der Waals surface area contributed by atoms with Gasteiger partial charge in [0.2, 0.25) is 0 Å². The molecule has 0 radical (unpaired) electrons. The largest absolute Gasteiger partial charge is 0.493 e. The molecule has 0 atom stereocenters. The Labute approximate surface area is 128 Å². The number of hydrogen-bond acceptors (Lipinski definition) is 4. The molecule has 6 heteroatoms. The van der Waals surface area contributed by atoms with Gasteiger partial charge in [0.25, 0.3) is 11.8 Å². The number of para-hydroxylation sites is 1. The first kappa shape index (κ1) is 15.6. The molecule has 0 aliphatic carbocycles. The van der Waals surface area contributed by atoms with Crippen LogP contribution in [0.1, 0.15) is 27.8 Å². The molecule has 6 nitrogen and oxygen atoms in total. The summed E-state index contributed by atoms with van der Waals surface area (Å²) in [5, 5.41) is 5.39. The SMILES string of the molecule is CCOc1ccccc1C(=O)NCCNC(=O)c1ccco1. The molecule has 0 bridgehead atoms. The summed E-state index contributed by atoms with van der Waals surface area (Å²) in [6.45, 7) is 2.97. The third-order valence-electron chi connectivity index (χ3n) is 2.87. The van der Waals surface area contributed by atoms with Crippen molar-refractivity contribution in [3.63, 3.8) is 0 Å². The molecule has 1 aromatic heterocycles. The highest BCUT2D eigenvalue weighted by molar-refractivity contribution is 5.97. The zero-order chi connectivity index (χ0) is 15.8. The van der Waals surface area contributed by atoms with Crippen molar-refractivity contribution >= 4 is 11.8 Å². The summed E-state index contributed by atoms with van der Waals surface area (Å²) in [6, 6.07) is 10.2. The van der Waals surface area contributed by atoms with E-state index in [2.05, 4.69) is 10.6 Å². The van der Waals surface area contributed by atoms with E-state index in [1.807, 2.05) is 13.0 Å². The molecule has 0 aliphatic heterocycles. The Balaban J connectivity index is 1.80. The molecule has 2 amide bonds. The topological polar surface area (TPSA) is 80.6 Å². The van der Waals surface area contributed by atoms with Gasteiger partial charge in [-0.2, -0.15) is 0 Å². The van der Waals surface area contributed by atoms with Crippen molar-refractivity contribution in [1.29, 1.82) is 0 Å². The van der Waals surface area contributed by atoms with Crippen molar-refractivity contribution in [1.82, 2.24) is 10.6 Å². The maximum atomic E-state index is 12.1. The van der Waals surface area contributed by atoms with E-state index in [-0.39, 0.29) is 17.6 Å². The van der Waals surface area contributed by atoms with Crippen LogP contribution >= 0.6 is 0 Å². The lowest BCUT2D eigenvalue weighted by molar-refractivity contribution is 0.0909. The Morgan fingerprint density at radius 2 is 1.77 bits per heavy atom. The maximum Gasteiger partial charge on any atom is 0.287 e. The van der Waals surface area contributed by atoms with Gasteiger partial charge in [-0.15, -0.1) is 0 Å². The molecule has 1 aromatic carbocycles. The lowest BCUT2D eigenvalue weighted by Crippen LogP contribution is -2.34. The fourth-order valence-corrected chi connectivity index (χ4v) is 1.88. The fourth-order valence-electron chi connectivity index (χ4n) is 1.88. The van der Waals surface area contributed by atoms with E-state index >= 15 is 0 Å². The molecule has 1 heterocycles. The predicted octanol–water partition coefficient (Wildman–Crippen LogP) is 1.84. The summed E-state index contributed by atoms with van der Waals surface area (Å²) in [7, 11) is 0. The number of ether oxygens (including phenoxy) is 1. The summed E-state index contributed by atoms with van der Waals surface area (Å²) in [4.78, 5) is 23.7. The van der Waals surface area contributed by atoms with Crippen LogP contribution in [0.25, 0.3) is 0 Å². The van der Waals surface area contributed by atoms with Crippen LogP contribution < -0.4 is 15.4 Å². The van der Waals surface area contributed by atoms with Gasteiger partial charge in [0.05, 0.1) is 18.4 Å². The minimum absolute atomic E-state index is 0.240. The first-order chi connectivity index (χ1) is 10.7. The van der Waals surface area contributed by atoms with Gasteiger partial charge >= 0.3 is 0 Å². The number of benzene rings is 1. The second-order valence-electron chi connectivity index (χ2n) is 4.42. The van der Waals surface area contributed by atoms with E-state index in [4.69, 9.17) is 9.15 Å². The highest BCUT2D eigenvalue weighted by Gasteiger charge is 2.11. The Morgan fingerprint density at radius 1 is 1.05 bits per heavy atom. The standard InChI is InChI=1S/C16H18N2O4/c1-2-21-13-7-4-3-6-12(13)15(19)17-9-10-18-16(20)14-8-5-11-22-14/h3-8,11H,2,9-10H2,1H3,(H,17,19)(H,18,20). The van der Waals surface area contributed by atoms with Gasteiger partial charge in [0.15, 0.2) is 5.76 Å². The average molecular weight is 302 g/mol. The predicted molar refractivity (Wildman–Crippen MR) is 81.0 cm³/mol. The van der Waals surface area contributed by atoms with E-state index in [0.29, 0.717) is 31.0 Å². The Bertz CT molecular complexity index is 623. The third kappa shape index (κ3) is 4.12. The Hall–Kier alpha value is -2.76. The van der Waals surface area contributed by atoms with Gasteiger partial charge in [-0.3, -0.25) is 9.59 Å². The van der Waals surface area contributed by atoms with Crippen LogP contribution in [-0.4, -0.2) is 31.5 Å². The smallest absolute Gasteiger partial charge is 0.287 e. The average Bonchev–Trinajstić information content (AvgIpc) is 3.06. The highest BCUT2D eigenvalue weighted by atomic mass is 16.5. The first-order valence-electron chi connectivity index (χ1n) is 7.04. The monoisotopic (exact) mass is 302 g/mol. The van der Waals surface area contributed by atoms with E-state index in [1.54, 1.807) is 30.3 Å². The molecule has 22 heavy (non-hydrogen) atoms. The Kier molecular flexibility index (Phi) is 5.59. The summed E-state index contributed by atoms with van der Waals surface area (Å²) < 4.78 is 10.4. The molecular formula is C16H18N2O4. The van der Waals surface area contributed by atoms with Crippen molar-refractivity contribution in [3.8, 4) is 5.75 Å². The van der Waals surface area contributed by atoms with Crippen molar-refractivity contribution in [3.05, 3.63) is 54.0 Å². The third-order valence-corrected chi connectivity index (χ3v) is 2.87. The normalized spacial score (nSPS) is 10.0. The van der Waals surface area contributed by atoms with Crippen molar-refractivity contribution in [2.45, 2.75) is 6.92 Å². The molecule has 0 saturated carbocycles. The van der Waals surface area contributed by atoms with Crippen LogP contribution in [0, 0.1) is 0 Å². The fraction of sp³-hybridized carbons (Fsp3) is 0.250. The van der Waals surface area contributed by atoms with E-state index in [0.717, 1.165) is 0 Å². The van der Waals surface area contributed by atoms with Gasteiger partial charge in [-0.25, -0.2) is 0 Å². The van der Waals surface area contributed by atoms with Gasteiger partial charge in [0, 0.05) is 13.1 Å². The van der Waals surface area contributed by atoms with Crippen LogP contribution in [0.4, 0.5) is 0 Å². The summed E-state index contributed by atoms with van der Waals surface area (Å²) >= 11 is 0. The van der Waals surface area contributed by atoms with E-state index in [9.17, 15) is 9.59 Å². The minimum Gasteiger partial charge on any atom is -0.493 e. The molecule has 2 aromatic rings. The Morgan fingerprint density at radius 3 is 2.45 bits per heavy atom. The molecule has 0 spiro atoms. The van der Waals surface area contributed by atoms with Crippen LogP contribution in [0.3, 0.4) is 0 Å². The number of carbonyl (C=O) groups excluding carboxylic acids is 2. The van der Waals surface area contributed by atoms with E-state index < -0.39 is 0 Å². The number of furan rings is 1. The van der Waals surface area contributed by atoms with Crippen LogP contribution in [0.5, 0.6) is 5.75 Å².